The van der Waals surface area contributed by atoms with Gasteiger partial charge in [0.2, 0.25) is 0 Å². The summed E-state index contributed by atoms with van der Waals surface area (Å²) < 4.78 is 5.18. The third-order valence-corrected chi connectivity index (χ3v) is 5.15. The van der Waals surface area contributed by atoms with E-state index >= 15 is 0 Å². The third kappa shape index (κ3) is 6.79. The lowest BCUT2D eigenvalue weighted by Gasteiger charge is -2.30. The van der Waals surface area contributed by atoms with Crippen LogP contribution < -0.4 is 5.73 Å². The number of hydrogen-bond acceptors (Lipinski definition) is 6. The van der Waals surface area contributed by atoms with Crippen LogP contribution in [0.3, 0.4) is 0 Å². The van der Waals surface area contributed by atoms with Gasteiger partial charge in [0, 0.05) is 6.42 Å². The fourth-order valence-corrected chi connectivity index (χ4v) is 3.42. The summed E-state index contributed by atoms with van der Waals surface area (Å²) in [6.45, 7) is 3.91. The fourth-order valence-electron chi connectivity index (χ4n) is 3.42. The summed E-state index contributed by atoms with van der Waals surface area (Å²) in [6, 6.07) is 13.7. The van der Waals surface area contributed by atoms with Gasteiger partial charge in [0.1, 0.15) is 0 Å². The first-order valence-electron chi connectivity index (χ1n) is 10.2. The van der Waals surface area contributed by atoms with Crippen LogP contribution in [0.1, 0.15) is 38.7 Å². The van der Waals surface area contributed by atoms with Gasteiger partial charge in [0.05, 0.1) is 12.0 Å². The zero-order chi connectivity index (χ0) is 22.3. The van der Waals surface area contributed by atoms with Crippen LogP contribution in [0.2, 0.25) is 0 Å². The first-order valence-corrected chi connectivity index (χ1v) is 10.2. The largest absolute Gasteiger partial charge is 0.452 e. The van der Waals surface area contributed by atoms with Crippen molar-refractivity contribution < 1.29 is 29.6 Å². The highest BCUT2D eigenvalue weighted by Crippen LogP contribution is 2.23. The summed E-state index contributed by atoms with van der Waals surface area (Å²) in [5.74, 6) is -2.87. The van der Waals surface area contributed by atoms with Crippen LogP contribution in [0.15, 0.2) is 42.5 Å². The molecule has 5 N–H and O–H groups in total. The molecule has 0 saturated heterocycles. The quantitative estimate of drug-likeness (QED) is 0.326. The molecular weight excluding hydrogens is 386 g/mol. The molecule has 0 aromatic heterocycles. The normalized spacial score (nSPS) is 14.6. The maximum atomic E-state index is 12.3. The van der Waals surface area contributed by atoms with E-state index in [4.69, 9.17) is 10.5 Å². The van der Waals surface area contributed by atoms with Crippen molar-refractivity contribution in [2.75, 3.05) is 0 Å². The van der Waals surface area contributed by atoms with Crippen molar-refractivity contribution in [2.24, 2.45) is 17.6 Å². The van der Waals surface area contributed by atoms with E-state index in [0.717, 1.165) is 16.3 Å². The molecule has 0 spiro atoms. The van der Waals surface area contributed by atoms with Gasteiger partial charge in [-0.2, -0.15) is 0 Å². The van der Waals surface area contributed by atoms with Gasteiger partial charge in [-0.05, 0) is 41.5 Å². The van der Waals surface area contributed by atoms with Crippen molar-refractivity contribution in [3.05, 3.63) is 48.0 Å². The van der Waals surface area contributed by atoms with E-state index in [-0.39, 0.29) is 18.8 Å². The number of aryl methyl sites for hydroxylation is 1. The van der Waals surface area contributed by atoms with Crippen molar-refractivity contribution in [3.63, 3.8) is 0 Å². The first kappa shape index (κ1) is 23.8. The molecule has 3 unspecified atom stereocenters. The second-order valence-corrected chi connectivity index (χ2v) is 8.02. The SMILES string of the molecule is CC(C)CCC(O)C(C(O)O)C(OC(=O)CCc1ccc2ccccc2c1)C(N)=O. The highest BCUT2D eigenvalue weighted by Gasteiger charge is 2.39. The molecule has 0 aliphatic carbocycles. The number of benzene rings is 2. The van der Waals surface area contributed by atoms with Gasteiger partial charge in [0.15, 0.2) is 12.4 Å². The van der Waals surface area contributed by atoms with Crippen LogP contribution >= 0.6 is 0 Å². The molecule has 0 aliphatic heterocycles. The first-order chi connectivity index (χ1) is 14.2. The average Bonchev–Trinajstić information content (AvgIpc) is 2.69. The van der Waals surface area contributed by atoms with E-state index in [2.05, 4.69) is 0 Å². The molecule has 2 aromatic carbocycles. The van der Waals surface area contributed by atoms with Crippen molar-refractivity contribution >= 4 is 22.6 Å². The van der Waals surface area contributed by atoms with E-state index in [1.807, 2.05) is 56.3 Å². The Balaban J connectivity index is 2.02. The van der Waals surface area contributed by atoms with E-state index in [0.29, 0.717) is 12.8 Å². The molecular formula is C23H31NO6. The molecule has 0 radical (unpaired) electrons. The van der Waals surface area contributed by atoms with Gasteiger partial charge in [-0.1, -0.05) is 56.3 Å². The number of esters is 1. The van der Waals surface area contributed by atoms with E-state index in [1.54, 1.807) is 0 Å². The highest BCUT2D eigenvalue weighted by atomic mass is 16.6. The molecule has 7 heteroatoms. The van der Waals surface area contributed by atoms with E-state index < -0.39 is 36.3 Å². The van der Waals surface area contributed by atoms with Crippen LogP contribution in [0.25, 0.3) is 10.8 Å². The topological polar surface area (TPSA) is 130 Å². The zero-order valence-corrected chi connectivity index (χ0v) is 17.4. The minimum Gasteiger partial charge on any atom is -0.452 e. The second-order valence-electron chi connectivity index (χ2n) is 8.02. The molecule has 3 atom stereocenters. The van der Waals surface area contributed by atoms with Crippen molar-refractivity contribution in [3.8, 4) is 0 Å². The maximum absolute atomic E-state index is 12.3. The van der Waals surface area contributed by atoms with Gasteiger partial charge in [-0.3, -0.25) is 9.59 Å². The number of aliphatic hydroxyl groups excluding tert-OH is 2. The Morgan fingerprint density at radius 3 is 2.27 bits per heavy atom. The Kier molecular flexibility index (Phi) is 8.77. The summed E-state index contributed by atoms with van der Waals surface area (Å²) in [7, 11) is 0. The Morgan fingerprint density at radius 1 is 1.00 bits per heavy atom. The predicted molar refractivity (Wildman–Crippen MR) is 113 cm³/mol. The number of hydrogen-bond donors (Lipinski definition) is 4. The van der Waals surface area contributed by atoms with Crippen LogP contribution in [0.5, 0.6) is 0 Å². The number of amides is 1. The number of carbonyl (C=O) groups excluding carboxylic acids is 2. The molecule has 164 valence electrons. The van der Waals surface area contributed by atoms with Gasteiger partial charge < -0.3 is 25.8 Å². The van der Waals surface area contributed by atoms with Crippen LogP contribution in [-0.4, -0.2) is 45.7 Å². The van der Waals surface area contributed by atoms with Crippen LogP contribution in [-0.2, 0) is 20.7 Å². The molecule has 2 rings (SSSR count). The lowest BCUT2D eigenvalue weighted by molar-refractivity contribution is -0.184. The predicted octanol–water partition coefficient (Wildman–Crippen LogP) is 1.89. The number of fused-ring (bicyclic) bond motifs is 1. The number of nitrogens with two attached hydrogens (primary N) is 1. The number of ether oxygens (including phenoxy) is 1. The number of primary amides is 1. The lowest BCUT2D eigenvalue weighted by Crippen LogP contribution is -2.49. The lowest BCUT2D eigenvalue weighted by atomic mass is 9.89. The number of aliphatic hydroxyl groups is 3. The standard InChI is InChI=1S/C23H31NO6/c1-14(2)7-11-18(25)20(23(28)29)21(22(24)27)30-19(26)12-9-15-8-10-16-5-3-4-6-17(16)13-15/h3-6,8,10,13-14,18,20-21,23,25,28-29H,7,9,11-12H2,1-2H3,(H2,24,27). The Morgan fingerprint density at radius 2 is 1.67 bits per heavy atom. The van der Waals surface area contributed by atoms with Crippen molar-refractivity contribution in [1.82, 2.24) is 0 Å². The van der Waals surface area contributed by atoms with E-state index in [1.165, 1.54) is 0 Å². The molecule has 0 aliphatic rings. The van der Waals surface area contributed by atoms with Gasteiger partial charge >= 0.3 is 5.97 Å². The van der Waals surface area contributed by atoms with Crippen molar-refractivity contribution in [2.45, 2.75) is 58.0 Å². The van der Waals surface area contributed by atoms with Crippen LogP contribution in [0, 0.1) is 11.8 Å². The smallest absolute Gasteiger partial charge is 0.306 e. The molecule has 0 bridgehead atoms. The third-order valence-electron chi connectivity index (χ3n) is 5.15. The average molecular weight is 418 g/mol. The Hall–Kier alpha value is -2.48. The number of carbonyl (C=O) groups is 2. The summed E-state index contributed by atoms with van der Waals surface area (Å²) in [6.07, 6.45) is -3.74. The molecule has 30 heavy (non-hydrogen) atoms. The molecule has 7 nitrogen and oxygen atoms in total. The van der Waals surface area contributed by atoms with Gasteiger partial charge in [-0.25, -0.2) is 0 Å². The van der Waals surface area contributed by atoms with Gasteiger partial charge in [0.25, 0.3) is 5.91 Å². The van der Waals surface area contributed by atoms with E-state index in [9.17, 15) is 24.9 Å². The summed E-state index contributed by atoms with van der Waals surface area (Å²) in [5, 5.41) is 31.9. The highest BCUT2D eigenvalue weighted by molar-refractivity contribution is 5.84. The molecule has 0 heterocycles. The van der Waals surface area contributed by atoms with Gasteiger partial charge in [-0.15, -0.1) is 0 Å². The molecule has 1 amide bonds. The Bertz CT molecular complexity index is 850. The molecule has 0 saturated carbocycles. The molecule has 2 aromatic rings. The minimum atomic E-state index is -2.06. The zero-order valence-electron chi connectivity index (χ0n) is 17.4. The Labute approximate surface area is 176 Å². The monoisotopic (exact) mass is 417 g/mol. The fraction of sp³-hybridized carbons (Fsp3) is 0.478. The minimum absolute atomic E-state index is 0.0154. The van der Waals surface area contributed by atoms with Crippen LogP contribution in [0.4, 0.5) is 0 Å². The summed E-state index contributed by atoms with van der Waals surface area (Å²) in [4.78, 5) is 24.2. The number of rotatable bonds is 11. The molecule has 0 fully saturated rings. The van der Waals surface area contributed by atoms with Crippen molar-refractivity contribution in [1.29, 1.82) is 0 Å². The summed E-state index contributed by atoms with van der Waals surface area (Å²) in [5.41, 5.74) is 6.27. The maximum Gasteiger partial charge on any atom is 0.306 e. The second kappa shape index (κ2) is 11.1. The summed E-state index contributed by atoms with van der Waals surface area (Å²) >= 11 is 0.